The molecule has 2 nitrogen and oxygen atoms in total. The van der Waals surface area contributed by atoms with Crippen LogP contribution in [-0.4, -0.2) is 5.91 Å². The van der Waals surface area contributed by atoms with Crippen molar-refractivity contribution in [1.82, 2.24) is 0 Å². The number of carbonyl (C=O) groups is 1. The second-order valence-electron chi connectivity index (χ2n) is 4.33. The molecule has 0 aliphatic heterocycles. The molecule has 0 aliphatic carbocycles. The summed E-state index contributed by atoms with van der Waals surface area (Å²) in [5, 5.41) is 2.76. The molecule has 0 saturated heterocycles. The van der Waals surface area contributed by atoms with Crippen LogP contribution in [0.25, 0.3) is 0 Å². The molecule has 1 aromatic carbocycles. The lowest BCUT2D eigenvalue weighted by molar-refractivity contribution is -0.123. The van der Waals surface area contributed by atoms with Crippen LogP contribution in [0.4, 0.5) is 10.1 Å². The van der Waals surface area contributed by atoms with E-state index in [-0.39, 0.29) is 11.7 Å². The average Bonchev–Trinajstić information content (AvgIpc) is 2.08. The van der Waals surface area contributed by atoms with Crippen LogP contribution in [0.2, 0.25) is 0 Å². The minimum absolute atomic E-state index is 0.0768. The fourth-order valence-electron chi connectivity index (χ4n) is 0.901. The van der Waals surface area contributed by atoms with Gasteiger partial charge in [-0.15, -0.1) is 0 Å². The number of anilines is 1. The smallest absolute Gasteiger partial charge is 0.229 e. The van der Waals surface area contributed by atoms with Crippen LogP contribution in [0.3, 0.4) is 0 Å². The van der Waals surface area contributed by atoms with E-state index in [2.05, 4.69) is 5.32 Å². The van der Waals surface area contributed by atoms with Gasteiger partial charge in [0, 0.05) is 8.99 Å². The van der Waals surface area contributed by atoms with Gasteiger partial charge in [-0.2, -0.15) is 0 Å². The highest BCUT2D eigenvalue weighted by Crippen LogP contribution is 2.22. The van der Waals surface area contributed by atoms with E-state index in [0.717, 1.165) is 0 Å². The Hall–Kier alpha value is -0.650. The number of rotatable bonds is 1. The third-order valence-corrected chi connectivity index (χ3v) is 2.75. The molecule has 0 atom stereocenters. The molecule has 1 amide bonds. The Balaban J connectivity index is 2.87. The van der Waals surface area contributed by atoms with E-state index >= 15 is 0 Å². The molecule has 0 spiro atoms. The Labute approximate surface area is 102 Å². The standard InChI is InChI=1S/C11H13FINO/c1-11(2,3)10(15)14-9-5-4-7(12)6-8(9)13/h4-6H,1-3H3,(H,14,15). The Kier molecular flexibility index (Phi) is 3.70. The molecule has 1 rings (SSSR count). The van der Waals surface area contributed by atoms with Crippen LogP contribution in [0, 0.1) is 14.8 Å². The SMILES string of the molecule is CC(C)(C)C(=O)Nc1ccc(F)cc1I. The molecule has 1 aromatic rings. The summed E-state index contributed by atoms with van der Waals surface area (Å²) in [5.74, 6) is -0.375. The van der Waals surface area contributed by atoms with Crippen molar-refractivity contribution in [2.24, 2.45) is 5.41 Å². The number of nitrogens with one attached hydrogen (secondary N) is 1. The average molecular weight is 321 g/mol. The first-order valence-corrected chi connectivity index (χ1v) is 5.65. The molecule has 1 N–H and O–H groups in total. The van der Waals surface area contributed by atoms with Gasteiger partial charge in [-0.1, -0.05) is 20.8 Å². The molecule has 4 heteroatoms. The van der Waals surface area contributed by atoms with Crippen molar-refractivity contribution in [2.75, 3.05) is 5.32 Å². The Bertz CT molecular complexity index is 385. The molecule has 0 bridgehead atoms. The minimum Gasteiger partial charge on any atom is -0.325 e. The monoisotopic (exact) mass is 321 g/mol. The van der Waals surface area contributed by atoms with Gasteiger partial charge in [-0.25, -0.2) is 4.39 Å². The fourth-order valence-corrected chi connectivity index (χ4v) is 1.51. The zero-order chi connectivity index (χ0) is 11.6. The molecule has 15 heavy (non-hydrogen) atoms. The lowest BCUT2D eigenvalue weighted by Gasteiger charge is -2.18. The number of hydrogen-bond donors (Lipinski definition) is 1. The van der Waals surface area contributed by atoms with Crippen LogP contribution in [0.1, 0.15) is 20.8 Å². The molecule has 0 radical (unpaired) electrons. The number of benzene rings is 1. The van der Waals surface area contributed by atoms with Crippen molar-refractivity contribution in [2.45, 2.75) is 20.8 Å². The normalized spacial score (nSPS) is 11.3. The second kappa shape index (κ2) is 4.47. The number of halogens is 2. The zero-order valence-corrected chi connectivity index (χ0v) is 11.1. The van der Waals surface area contributed by atoms with Gasteiger partial charge in [-0.3, -0.25) is 4.79 Å². The van der Waals surface area contributed by atoms with Crippen LogP contribution < -0.4 is 5.32 Å². The van der Waals surface area contributed by atoms with Crippen LogP contribution in [0.15, 0.2) is 18.2 Å². The lowest BCUT2D eigenvalue weighted by Crippen LogP contribution is -2.27. The van der Waals surface area contributed by atoms with Crippen molar-refractivity contribution >= 4 is 34.2 Å². The van der Waals surface area contributed by atoms with Crippen molar-refractivity contribution in [3.05, 3.63) is 27.6 Å². The first kappa shape index (κ1) is 12.4. The summed E-state index contributed by atoms with van der Waals surface area (Å²) in [4.78, 5) is 11.7. The van der Waals surface area contributed by atoms with E-state index in [4.69, 9.17) is 0 Å². The van der Waals surface area contributed by atoms with Gasteiger partial charge < -0.3 is 5.32 Å². The lowest BCUT2D eigenvalue weighted by atomic mass is 9.95. The first-order valence-electron chi connectivity index (χ1n) is 4.57. The third kappa shape index (κ3) is 3.44. The van der Waals surface area contributed by atoms with Gasteiger partial charge in [0.15, 0.2) is 0 Å². The predicted octanol–water partition coefficient (Wildman–Crippen LogP) is 3.41. The summed E-state index contributed by atoms with van der Waals surface area (Å²) in [6.45, 7) is 5.50. The molecule has 0 heterocycles. The van der Waals surface area contributed by atoms with Crippen molar-refractivity contribution in [1.29, 1.82) is 0 Å². The molecule has 0 aliphatic rings. The zero-order valence-electron chi connectivity index (χ0n) is 8.90. The van der Waals surface area contributed by atoms with Crippen LogP contribution in [-0.2, 0) is 4.79 Å². The highest BCUT2D eigenvalue weighted by Gasteiger charge is 2.21. The number of carbonyl (C=O) groups excluding carboxylic acids is 1. The van der Waals surface area contributed by atoms with Gasteiger partial charge in [0.25, 0.3) is 0 Å². The highest BCUT2D eigenvalue weighted by molar-refractivity contribution is 14.1. The molecular weight excluding hydrogens is 308 g/mol. The van der Waals surface area contributed by atoms with E-state index in [9.17, 15) is 9.18 Å². The highest BCUT2D eigenvalue weighted by atomic mass is 127. The van der Waals surface area contributed by atoms with Gasteiger partial charge in [0.1, 0.15) is 5.82 Å². The van der Waals surface area contributed by atoms with E-state index < -0.39 is 5.41 Å². The predicted molar refractivity (Wildman–Crippen MR) is 67.2 cm³/mol. The summed E-state index contributed by atoms with van der Waals surface area (Å²) in [6, 6.07) is 4.29. The molecule has 0 saturated carbocycles. The Morgan fingerprint density at radius 1 is 1.40 bits per heavy atom. The van der Waals surface area contributed by atoms with Crippen molar-refractivity contribution in [3.8, 4) is 0 Å². The topological polar surface area (TPSA) is 29.1 Å². The van der Waals surface area contributed by atoms with Crippen molar-refractivity contribution in [3.63, 3.8) is 0 Å². The molecule has 0 unspecified atom stereocenters. The number of hydrogen-bond acceptors (Lipinski definition) is 1. The maximum atomic E-state index is 12.8. The van der Waals surface area contributed by atoms with E-state index in [1.807, 2.05) is 43.4 Å². The first-order chi connectivity index (χ1) is 6.80. The summed E-state index contributed by atoms with van der Waals surface area (Å²) in [5.41, 5.74) is 0.203. The Morgan fingerprint density at radius 3 is 2.47 bits per heavy atom. The van der Waals surface area contributed by atoms with Crippen molar-refractivity contribution < 1.29 is 9.18 Å². The fraction of sp³-hybridized carbons (Fsp3) is 0.364. The quantitative estimate of drug-likeness (QED) is 0.789. The van der Waals surface area contributed by atoms with E-state index in [1.165, 1.54) is 12.1 Å². The van der Waals surface area contributed by atoms with Gasteiger partial charge in [0.05, 0.1) is 5.69 Å². The molecule has 0 aromatic heterocycles. The summed E-state index contributed by atoms with van der Waals surface area (Å²) < 4.78 is 13.5. The summed E-state index contributed by atoms with van der Waals surface area (Å²) in [7, 11) is 0. The Morgan fingerprint density at radius 2 is 2.00 bits per heavy atom. The third-order valence-electron chi connectivity index (χ3n) is 1.86. The van der Waals surface area contributed by atoms with Gasteiger partial charge >= 0.3 is 0 Å². The maximum absolute atomic E-state index is 12.8. The van der Waals surface area contributed by atoms with Gasteiger partial charge in [0.2, 0.25) is 5.91 Å². The largest absolute Gasteiger partial charge is 0.325 e. The summed E-state index contributed by atoms with van der Waals surface area (Å²) in [6.07, 6.45) is 0. The number of amides is 1. The van der Waals surface area contributed by atoms with E-state index in [0.29, 0.717) is 9.26 Å². The van der Waals surface area contributed by atoms with Crippen LogP contribution in [0.5, 0.6) is 0 Å². The molecule has 0 fully saturated rings. The maximum Gasteiger partial charge on any atom is 0.229 e. The van der Waals surface area contributed by atoms with Crippen LogP contribution >= 0.6 is 22.6 Å². The van der Waals surface area contributed by atoms with E-state index in [1.54, 1.807) is 6.07 Å². The molecular formula is C11H13FINO. The van der Waals surface area contributed by atoms with Gasteiger partial charge in [-0.05, 0) is 40.8 Å². The molecule has 82 valence electrons. The second-order valence-corrected chi connectivity index (χ2v) is 5.49. The minimum atomic E-state index is -0.447. The summed E-state index contributed by atoms with van der Waals surface area (Å²) >= 11 is 1.99.